The summed E-state index contributed by atoms with van der Waals surface area (Å²) in [6.07, 6.45) is 2.56. The molecule has 15 heavy (non-hydrogen) atoms. The summed E-state index contributed by atoms with van der Waals surface area (Å²) in [5.74, 6) is 0.668. The second-order valence-electron chi connectivity index (χ2n) is 3.22. The predicted octanol–water partition coefficient (Wildman–Crippen LogP) is 2.70. The quantitative estimate of drug-likeness (QED) is 0.827. The van der Waals surface area contributed by atoms with E-state index >= 15 is 0 Å². The van der Waals surface area contributed by atoms with E-state index < -0.39 is 6.17 Å². The van der Waals surface area contributed by atoms with E-state index in [1.54, 1.807) is 31.4 Å². The average molecular weight is 209 g/mol. The molecule has 0 aromatic heterocycles. The third kappa shape index (κ3) is 2.80. The van der Waals surface area contributed by atoms with E-state index in [4.69, 9.17) is 10.5 Å². The van der Waals surface area contributed by atoms with Crippen LogP contribution in [-0.2, 0) is 0 Å². The average Bonchev–Trinajstić information content (AvgIpc) is 2.25. The Kier molecular flexibility index (Phi) is 4.31. The first-order chi connectivity index (χ1) is 7.20. The number of alkyl halides is 1. The molecule has 1 atom stereocenters. The fraction of sp³-hybridized carbons (Fsp3) is 0.333. The predicted molar refractivity (Wildman–Crippen MR) is 60.6 cm³/mol. The Morgan fingerprint density at radius 1 is 1.53 bits per heavy atom. The zero-order valence-electron chi connectivity index (χ0n) is 9.03. The molecule has 0 spiro atoms. The van der Waals surface area contributed by atoms with Gasteiger partial charge in [0.05, 0.1) is 7.11 Å². The van der Waals surface area contributed by atoms with E-state index in [9.17, 15) is 4.39 Å². The number of rotatable bonds is 4. The number of halogens is 1. The van der Waals surface area contributed by atoms with Crippen LogP contribution in [-0.4, -0.2) is 13.7 Å². The van der Waals surface area contributed by atoms with E-state index in [1.807, 2.05) is 6.07 Å². The molecule has 0 bridgehead atoms. The molecule has 0 radical (unpaired) electrons. The number of nitrogens with two attached hydrogens (primary N) is 1. The maximum atomic E-state index is 13.3. The second kappa shape index (κ2) is 5.51. The Hall–Kier alpha value is -1.35. The molecule has 0 saturated heterocycles. The van der Waals surface area contributed by atoms with Crippen LogP contribution < -0.4 is 10.5 Å². The van der Waals surface area contributed by atoms with Crippen LogP contribution in [0.15, 0.2) is 24.3 Å². The van der Waals surface area contributed by atoms with Crippen LogP contribution in [0, 0.1) is 0 Å². The lowest BCUT2D eigenvalue weighted by atomic mass is 10.0. The van der Waals surface area contributed by atoms with Crippen LogP contribution in [0.2, 0.25) is 0 Å². The minimum atomic E-state index is -1.02. The van der Waals surface area contributed by atoms with Crippen molar-refractivity contribution < 1.29 is 9.13 Å². The molecule has 0 aliphatic carbocycles. The van der Waals surface area contributed by atoms with Gasteiger partial charge in [-0.1, -0.05) is 24.3 Å². The van der Waals surface area contributed by atoms with Crippen LogP contribution in [0.3, 0.4) is 0 Å². The van der Waals surface area contributed by atoms with Gasteiger partial charge in [-0.2, -0.15) is 0 Å². The first-order valence-electron chi connectivity index (χ1n) is 4.88. The van der Waals surface area contributed by atoms with Gasteiger partial charge in [0.1, 0.15) is 11.9 Å². The smallest absolute Gasteiger partial charge is 0.126 e. The Morgan fingerprint density at radius 2 is 2.27 bits per heavy atom. The molecule has 3 heteroatoms. The van der Waals surface area contributed by atoms with Crippen molar-refractivity contribution in [3.63, 3.8) is 0 Å². The van der Waals surface area contributed by atoms with Gasteiger partial charge in [-0.05, 0) is 18.6 Å². The highest BCUT2D eigenvalue weighted by Crippen LogP contribution is 2.29. The van der Waals surface area contributed by atoms with Crippen molar-refractivity contribution >= 4 is 6.08 Å². The minimum absolute atomic E-state index is 0.429. The highest BCUT2D eigenvalue weighted by Gasteiger charge is 2.11. The molecular formula is C12H16FNO. The summed E-state index contributed by atoms with van der Waals surface area (Å²) in [4.78, 5) is 0. The van der Waals surface area contributed by atoms with Crippen molar-refractivity contribution in [1.82, 2.24) is 0 Å². The molecule has 82 valence electrons. The maximum absolute atomic E-state index is 13.3. The van der Waals surface area contributed by atoms with Crippen molar-refractivity contribution in [3.8, 4) is 5.75 Å². The lowest BCUT2D eigenvalue weighted by molar-refractivity contribution is 0.368. The van der Waals surface area contributed by atoms with Crippen molar-refractivity contribution in [2.75, 3.05) is 13.7 Å². The van der Waals surface area contributed by atoms with E-state index in [2.05, 4.69) is 0 Å². The van der Waals surface area contributed by atoms with Gasteiger partial charge in [-0.25, -0.2) is 4.39 Å². The van der Waals surface area contributed by atoms with Gasteiger partial charge in [0.2, 0.25) is 0 Å². The molecule has 1 unspecified atom stereocenters. The molecule has 0 fully saturated rings. The normalized spacial score (nSPS) is 13.1. The summed E-state index contributed by atoms with van der Waals surface area (Å²) in [5, 5.41) is 0. The lowest BCUT2D eigenvalue weighted by Crippen LogP contribution is -1.97. The highest BCUT2D eigenvalue weighted by atomic mass is 19.1. The molecule has 1 rings (SSSR count). The van der Waals surface area contributed by atoms with Crippen LogP contribution in [0.1, 0.15) is 24.2 Å². The number of hydrogen-bond acceptors (Lipinski definition) is 2. The summed E-state index contributed by atoms with van der Waals surface area (Å²) in [6, 6.07) is 5.34. The Morgan fingerprint density at radius 3 is 2.80 bits per heavy atom. The van der Waals surface area contributed by atoms with E-state index in [0.717, 1.165) is 5.56 Å². The van der Waals surface area contributed by atoms with Gasteiger partial charge in [-0.15, -0.1) is 0 Å². The summed E-state index contributed by atoms with van der Waals surface area (Å²) >= 11 is 0. The van der Waals surface area contributed by atoms with Gasteiger partial charge < -0.3 is 10.5 Å². The van der Waals surface area contributed by atoms with E-state index in [-0.39, 0.29) is 0 Å². The molecule has 1 aromatic rings. The van der Waals surface area contributed by atoms with Crippen LogP contribution in [0.25, 0.3) is 6.08 Å². The van der Waals surface area contributed by atoms with Crippen LogP contribution >= 0.6 is 0 Å². The summed E-state index contributed by atoms with van der Waals surface area (Å²) < 4.78 is 18.5. The zero-order valence-corrected chi connectivity index (χ0v) is 9.03. The number of methoxy groups -OCH3 is 1. The number of ether oxygens (including phenoxy) is 1. The van der Waals surface area contributed by atoms with Crippen molar-refractivity contribution in [2.45, 2.75) is 13.1 Å². The molecule has 2 nitrogen and oxygen atoms in total. The van der Waals surface area contributed by atoms with E-state index in [1.165, 1.54) is 6.92 Å². The number of hydrogen-bond donors (Lipinski definition) is 1. The molecule has 0 heterocycles. The molecular weight excluding hydrogens is 193 g/mol. The SMILES string of the molecule is COc1cccc(C(C)F)c1/C=C/CN. The largest absolute Gasteiger partial charge is 0.496 e. The fourth-order valence-electron chi connectivity index (χ4n) is 1.45. The van der Waals surface area contributed by atoms with Gasteiger partial charge in [0.15, 0.2) is 0 Å². The lowest BCUT2D eigenvalue weighted by Gasteiger charge is -2.11. The molecule has 0 amide bonds. The minimum Gasteiger partial charge on any atom is -0.496 e. The zero-order chi connectivity index (χ0) is 11.3. The number of benzene rings is 1. The maximum Gasteiger partial charge on any atom is 0.126 e. The third-order valence-corrected chi connectivity index (χ3v) is 2.17. The first-order valence-corrected chi connectivity index (χ1v) is 4.88. The van der Waals surface area contributed by atoms with Gasteiger partial charge >= 0.3 is 0 Å². The monoisotopic (exact) mass is 209 g/mol. The standard InChI is InChI=1S/C12H16FNO/c1-9(13)10-5-3-7-12(15-2)11(10)6-4-8-14/h3-7,9H,8,14H2,1-2H3/b6-4+. The Balaban J connectivity index is 3.20. The molecule has 0 saturated carbocycles. The first kappa shape index (κ1) is 11.7. The van der Waals surface area contributed by atoms with Crippen molar-refractivity contribution in [3.05, 3.63) is 35.4 Å². The summed E-state index contributed by atoms with van der Waals surface area (Å²) in [5.41, 5.74) is 6.76. The van der Waals surface area contributed by atoms with Crippen molar-refractivity contribution in [2.24, 2.45) is 5.73 Å². The molecule has 0 aliphatic heterocycles. The summed E-state index contributed by atoms with van der Waals surface area (Å²) in [6.45, 7) is 1.94. The van der Waals surface area contributed by atoms with Crippen LogP contribution in [0.4, 0.5) is 4.39 Å². The van der Waals surface area contributed by atoms with Crippen LogP contribution in [0.5, 0.6) is 5.75 Å². The molecule has 1 aromatic carbocycles. The van der Waals surface area contributed by atoms with Crippen molar-refractivity contribution in [1.29, 1.82) is 0 Å². The van der Waals surface area contributed by atoms with Gasteiger partial charge in [-0.3, -0.25) is 0 Å². The summed E-state index contributed by atoms with van der Waals surface area (Å²) in [7, 11) is 1.57. The Bertz CT molecular complexity index is 347. The fourth-order valence-corrected chi connectivity index (χ4v) is 1.45. The second-order valence-corrected chi connectivity index (χ2v) is 3.22. The van der Waals surface area contributed by atoms with Gasteiger partial charge in [0.25, 0.3) is 0 Å². The van der Waals surface area contributed by atoms with E-state index in [0.29, 0.717) is 17.9 Å². The Labute approximate surface area is 89.6 Å². The molecule has 0 aliphatic rings. The highest BCUT2D eigenvalue weighted by molar-refractivity contribution is 5.62. The third-order valence-electron chi connectivity index (χ3n) is 2.17. The topological polar surface area (TPSA) is 35.2 Å². The molecule has 2 N–H and O–H groups in total. The van der Waals surface area contributed by atoms with Gasteiger partial charge in [0, 0.05) is 12.1 Å².